The summed E-state index contributed by atoms with van der Waals surface area (Å²) in [6.45, 7) is 9.22. The van der Waals surface area contributed by atoms with Gasteiger partial charge in [0.1, 0.15) is 5.84 Å². The van der Waals surface area contributed by atoms with Crippen LogP contribution in [0, 0.1) is 5.92 Å². The number of halogens is 6. The van der Waals surface area contributed by atoms with E-state index >= 15 is 0 Å². The zero-order valence-corrected chi connectivity index (χ0v) is 18.5. The maximum absolute atomic E-state index is 13.3. The fourth-order valence-electron chi connectivity index (χ4n) is 2.70. The molecular weight excluding hydrogens is 448 g/mol. The first-order chi connectivity index (χ1) is 15.3. The predicted octanol–water partition coefficient (Wildman–Crippen LogP) is 5.63. The van der Waals surface area contributed by atoms with Crippen molar-refractivity contribution in [1.82, 2.24) is 10.7 Å². The molecule has 2 atom stereocenters. The predicted molar refractivity (Wildman–Crippen MR) is 120 cm³/mol. The van der Waals surface area contributed by atoms with Gasteiger partial charge in [-0.1, -0.05) is 30.4 Å². The zero-order valence-electron chi connectivity index (χ0n) is 18.5. The highest BCUT2D eigenvalue weighted by molar-refractivity contribution is 5.90. The molecule has 0 aromatic rings. The third kappa shape index (κ3) is 10.8. The maximum Gasteiger partial charge on any atom is 0.416 e. The molecule has 1 rings (SSSR count). The fourth-order valence-corrected chi connectivity index (χ4v) is 2.70. The highest BCUT2D eigenvalue weighted by Crippen LogP contribution is 2.40. The molecule has 182 valence electrons. The molecule has 0 fully saturated rings. The van der Waals surface area contributed by atoms with Gasteiger partial charge in [0.2, 0.25) is 0 Å². The minimum Gasteiger partial charge on any atom is -0.387 e. The number of allylic oxidation sites excluding steroid dienone is 6. The van der Waals surface area contributed by atoms with E-state index in [9.17, 15) is 26.3 Å². The number of amidine groups is 1. The van der Waals surface area contributed by atoms with Gasteiger partial charge in [-0.3, -0.25) is 0 Å². The second-order valence-corrected chi connectivity index (χ2v) is 7.27. The van der Waals surface area contributed by atoms with E-state index in [2.05, 4.69) is 32.4 Å². The summed E-state index contributed by atoms with van der Waals surface area (Å²) in [6.07, 6.45) is -0.445. The molecule has 1 aliphatic carbocycles. The lowest BCUT2D eigenvalue weighted by atomic mass is 9.88. The Kier molecular flexibility index (Phi) is 10.8. The van der Waals surface area contributed by atoms with Crippen LogP contribution in [0.1, 0.15) is 27.2 Å². The molecule has 5 nitrogen and oxygen atoms in total. The number of hydrazone groups is 1. The lowest BCUT2D eigenvalue weighted by Gasteiger charge is -2.24. The largest absolute Gasteiger partial charge is 0.416 e. The summed E-state index contributed by atoms with van der Waals surface area (Å²) in [7, 11) is 0. The molecule has 0 aliphatic heterocycles. The van der Waals surface area contributed by atoms with E-state index < -0.39 is 35.8 Å². The summed E-state index contributed by atoms with van der Waals surface area (Å²) in [5.41, 5.74) is 1.08. The van der Waals surface area contributed by atoms with Crippen molar-refractivity contribution in [2.45, 2.75) is 45.6 Å². The van der Waals surface area contributed by atoms with Crippen LogP contribution >= 0.6 is 0 Å². The number of hydrogen-bond acceptors (Lipinski definition) is 4. The van der Waals surface area contributed by atoms with Crippen molar-refractivity contribution in [3.63, 3.8) is 0 Å². The minimum atomic E-state index is -4.90. The highest BCUT2D eigenvalue weighted by Gasteiger charge is 2.43. The van der Waals surface area contributed by atoms with Crippen LogP contribution in [0.2, 0.25) is 0 Å². The summed E-state index contributed by atoms with van der Waals surface area (Å²) in [6, 6.07) is -0.386. The molecular formula is C22H27F6N5. The van der Waals surface area contributed by atoms with E-state index in [0.29, 0.717) is 12.4 Å². The quantitative estimate of drug-likeness (QED) is 0.149. The number of hydrogen-bond donors (Lipinski definition) is 2. The fraction of sp³-hybridized carbons (Fsp3) is 0.409. The zero-order chi connectivity index (χ0) is 25.1. The standard InChI is InChI=1S/C22H27F6N5/c1-5-8-30-16(4)31-10-9-29-14-19(11-15(2)3)33-32-13-17-6-7-18(21(23,24)25)12-20(17)22(26,27)28/h5,7-13,17,19,29,33H,1,6,14H2,2-4H3/b10-9+,30-8?,31-16?,32-13+. The molecule has 0 spiro atoms. The van der Waals surface area contributed by atoms with Crippen molar-refractivity contribution >= 4 is 18.3 Å². The van der Waals surface area contributed by atoms with E-state index in [1.165, 1.54) is 18.5 Å². The Morgan fingerprint density at radius 1 is 1.18 bits per heavy atom. The lowest BCUT2D eigenvalue weighted by molar-refractivity contribution is -0.101. The Bertz CT molecular complexity index is 869. The molecule has 0 aromatic heterocycles. The summed E-state index contributed by atoms with van der Waals surface area (Å²) in [5.74, 6) is -0.808. The van der Waals surface area contributed by atoms with Gasteiger partial charge in [0.05, 0.1) is 11.6 Å². The Hall–Kier alpha value is -3.11. The van der Waals surface area contributed by atoms with Crippen LogP contribution in [0.3, 0.4) is 0 Å². The third-order valence-corrected chi connectivity index (χ3v) is 4.14. The van der Waals surface area contributed by atoms with E-state index in [4.69, 9.17) is 0 Å². The van der Waals surface area contributed by atoms with Gasteiger partial charge in [0.25, 0.3) is 0 Å². The normalized spacial score (nSPS) is 18.9. The van der Waals surface area contributed by atoms with Crippen LogP contribution in [0.4, 0.5) is 26.3 Å². The van der Waals surface area contributed by atoms with Crippen molar-refractivity contribution in [3.8, 4) is 0 Å². The Balaban J connectivity index is 2.81. The number of nitrogens with zero attached hydrogens (tertiary/aromatic N) is 3. The van der Waals surface area contributed by atoms with Crippen molar-refractivity contribution in [2.24, 2.45) is 21.0 Å². The first kappa shape index (κ1) is 27.9. The minimum absolute atomic E-state index is 0.141. The molecule has 0 saturated carbocycles. The van der Waals surface area contributed by atoms with Crippen LogP contribution in [-0.2, 0) is 0 Å². The second kappa shape index (κ2) is 12.8. The number of alkyl halides is 6. The Labute approximate surface area is 189 Å². The van der Waals surface area contributed by atoms with Crippen LogP contribution in [0.15, 0.2) is 75.1 Å². The number of rotatable bonds is 9. The lowest BCUT2D eigenvalue weighted by Crippen LogP contribution is -2.33. The van der Waals surface area contributed by atoms with Gasteiger partial charge in [-0.2, -0.15) is 31.4 Å². The molecule has 0 heterocycles. The molecule has 33 heavy (non-hydrogen) atoms. The number of aliphatic imine (C=N–C) groups is 2. The molecule has 0 bridgehead atoms. The SMILES string of the molecule is C=CC=NC(C)=N/C=C/NCC(C=C(C)C)N/N=C/C1CC=C(C(F)(F)F)C=C1C(F)(F)F. The smallest absolute Gasteiger partial charge is 0.387 e. The van der Waals surface area contributed by atoms with Crippen LogP contribution in [0.25, 0.3) is 0 Å². The van der Waals surface area contributed by atoms with Crippen LogP contribution in [0.5, 0.6) is 0 Å². The van der Waals surface area contributed by atoms with E-state index in [1.54, 1.807) is 13.1 Å². The van der Waals surface area contributed by atoms with Crippen molar-refractivity contribution in [2.75, 3.05) is 6.54 Å². The second-order valence-electron chi connectivity index (χ2n) is 7.27. The van der Waals surface area contributed by atoms with Crippen molar-refractivity contribution in [3.05, 3.63) is 60.0 Å². The Morgan fingerprint density at radius 3 is 2.45 bits per heavy atom. The summed E-state index contributed by atoms with van der Waals surface area (Å²) >= 11 is 0. The molecule has 11 heteroatoms. The number of nitrogens with one attached hydrogen (secondary N) is 2. The van der Waals surface area contributed by atoms with E-state index in [0.717, 1.165) is 17.9 Å². The van der Waals surface area contributed by atoms with Gasteiger partial charge in [0, 0.05) is 42.9 Å². The topological polar surface area (TPSA) is 61.1 Å². The third-order valence-electron chi connectivity index (χ3n) is 4.14. The maximum atomic E-state index is 13.3. The van der Waals surface area contributed by atoms with Gasteiger partial charge in [-0.25, -0.2) is 9.98 Å². The first-order valence-electron chi connectivity index (χ1n) is 9.92. The molecule has 2 N–H and O–H groups in total. The van der Waals surface area contributed by atoms with E-state index in [1.807, 2.05) is 19.9 Å². The summed E-state index contributed by atoms with van der Waals surface area (Å²) in [5, 5.41) is 6.85. The van der Waals surface area contributed by atoms with Gasteiger partial charge >= 0.3 is 12.4 Å². The first-order valence-corrected chi connectivity index (χ1v) is 9.92. The molecule has 1 aliphatic rings. The average molecular weight is 475 g/mol. The van der Waals surface area contributed by atoms with Crippen molar-refractivity contribution in [1.29, 1.82) is 0 Å². The average Bonchev–Trinajstić information content (AvgIpc) is 2.70. The van der Waals surface area contributed by atoms with Gasteiger partial charge in [-0.05, 0) is 33.3 Å². The summed E-state index contributed by atoms with van der Waals surface area (Å²) < 4.78 is 78.3. The van der Waals surface area contributed by atoms with Gasteiger partial charge in [0.15, 0.2) is 0 Å². The van der Waals surface area contributed by atoms with E-state index in [-0.39, 0.29) is 12.1 Å². The van der Waals surface area contributed by atoms with Gasteiger partial charge < -0.3 is 10.7 Å². The van der Waals surface area contributed by atoms with Crippen LogP contribution < -0.4 is 10.7 Å². The molecule has 2 unspecified atom stereocenters. The van der Waals surface area contributed by atoms with Crippen LogP contribution in [-0.4, -0.2) is 43.2 Å². The van der Waals surface area contributed by atoms with Crippen molar-refractivity contribution < 1.29 is 26.3 Å². The highest BCUT2D eigenvalue weighted by atomic mass is 19.4. The van der Waals surface area contributed by atoms with Gasteiger partial charge in [-0.15, -0.1) is 0 Å². The Morgan fingerprint density at radius 2 is 1.88 bits per heavy atom. The summed E-state index contributed by atoms with van der Waals surface area (Å²) in [4.78, 5) is 8.04. The molecule has 0 saturated heterocycles. The molecule has 0 radical (unpaired) electrons. The molecule has 0 amide bonds. The monoisotopic (exact) mass is 475 g/mol. The molecule has 0 aromatic carbocycles.